The van der Waals surface area contributed by atoms with Crippen molar-refractivity contribution in [3.05, 3.63) is 113 Å². The van der Waals surface area contributed by atoms with Crippen LogP contribution < -0.4 is 4.74 Å². The molecule has 2 aromatic carbocycles. The molecule has 4 fully saturated rings. The number of ether oxygens (including phenoxy) is 4. The molecule has 0 saturated heterocycles. The fourth-order valence-corrected chi connectivity index (χ4v) is 9.97. The largest absolute Gasteiger partial charge is 0.534 e. The maximum absolute atomic E-state index is 14.1. The number of hydrogen-bond donors (Lipinski definition) is 1. The van der Waals surface area contributed by atoms with Crippen molar-refractivity contribution in [2.45, 2.75) is 63.5 Å². The van der Waals surface area contributed by atoms with E-state index in [0.29, 0.717) is 31.6 Å². The lowest BCUT2D eigenvalue weighted by Crippen LogP contribution is -2.65. The minimum atomic E-state index is -6.18. The summed E-state index contributed by atoms with van der Waals surface area (Å²) in [5.41, 5.74) is -6.27. The molecule has 1 heterocycles. The summed E-state index contributed by atoms with van der Waals surface area (Å²) in [6.07, 6.45) is 0.331. The molecule has 1 aromatic heterocycles. The molecular weight excluding hydrogens is 689 g/mol. The van der Waals surface area contributed by atoms with E-state index in [2.05, 4.69) is 6.58 Å². The zero-order valence-electron chi connectivity index (χ0n) is 28.4. The van der Waals surface area contributed by atoms with Gasteiger partial charge in [0, 0.05) is 17.1 Å². The van der Waals surface area contributed by atoms with Crippen molar-refractivity contribution in [2.24, 2.45) is 28.1 Å². The van der Waals surface area contributed by atoms with Gasteiger partial charge >= 0.3 is 15.6 Å². The Morgan fingerprint density at radius 2 is 1.69 bits per heavy atom. The normalized spacial score (nSPS) is 30.5. The van der Waals surface area contributed by atoms with Crippen LogP contribution in [0, 0.1) is 28.1 Å². The highest BCUT2D eigenvalue weighted by atomic mass is 32.2. The summed E-state index contributed by atoms with van der Waals surface area (Å²) in [7, 11) is -4.78. The van der Waals surface area contributed by atoms with Crippen molar-refractivity contribution in [1.82, 2.24) is 0 Å². The lowest BCUT2D eigenvalue weighted by atomic mass is 9.34. The molecule has 1 spiro atoms. The number of halogens is 3. The molecule has 9 nitrogen and oxygen atoms in total. The van der Waals surface area contributed by atoms with Crippen LogP contribution >= 0.6 is 0 Å². The number of methoxy groups -OCH3 is 1. The van der Waals surface area contributed by atoms with Crippen LogP contribution in [0.15, 0.2) is 101 Å². The van der Waals surface area contributed by atoms with Gasteiger partial charge in [-0.25, -0.2) is 0 Å². The van der Waals surface area contributed by atoms with E-state index in [9.17, 15) is 26.7 Å². The molecule has 0 radical (unpaired) electrons. The van der Waals surface area contributed by atoms with Crippen LogP contribution in [0.25, 0.3) is 0 Å². The van der Waals surface area contributed by atoms with Crippen LogP contribution in [0.3, 0.4) is 0 Å². The van der Waals surface area contributed by atoms with Crippen molar-refractivity contribution in [1.29, 1.82) is 0 Å². The Bertz CT molecular complexity index is 1890. The van der Waals surface area contributed by atoms with Crippen molar-refractivity contribution < 1.29 is 54.2 Å². The van der Waals surface area contributed by atoms with Gasteiger partial charge in [-0.15, -0.1) is 0 Å². The predicted molar refractivity (Wildman–Crippen MR) is 178 cm³/mol. The molecule has 5 aliphatic rings. The average molecular weight is 731 g/mol. The molecule has 3 aromatic rings. The van der Waals surface area contributed by atoms with Crippen LogP contribution in [0.2, 0.25) is 0 Å². The van der Waals surface area contributed by atoms with Crippen LogP contribution in [0.4, 0.5) is 13.2 Å². The van der Waals surface area contributed by atoms with E-state index in [1.807, 2.05) is 67.6 Å². The Balaban J connectivity index is 1.25. The Hall–Kier alpha value is -3.62. The Kier molecular flexibility index (Phi) is 9.19. The summed E-state index contributed by atoms with van der Waals surface area (Å²) >= 11 is 0. The summed E-state index contributed by atoms with van der Waals surface area (Å²) in [5.74, 6) is -0.0572. The number of aliphatic hydroxyl groups is 1. The molecule has 51 heavy (non-hydrogen) atoms. The monoisotopic (exact) mass is 730 g/mol. The zero-order chi connectivity index (χ0) is 36.2. The maximum atomic E-state index is 14.1. The van der Waals surface area contributed by atoms with Gasteiger partial charge in [0.05, 0.1) is 38.4 Å². The lowest BCUT2D eigenvalue weighted by Gasteiger charge is -2.68. The first-order valence-electron chi connectivity index (χ1n) is 16.9. The first-order chi connectivity index (χ1) is 24.3. The molecule has 5 aliphatic carbocycles. The Labute approximate surface area is 295 Å². The van der Waals surface area contributed by atoms with E-state index >= 15 is 0 Å². The molecule has 1 N–H and O–H groups in total. The topological polar surface area (TPSA) is 114 Å². The van der Waals surface area contributed by atoms with Crippen molar-refractivity contribution in [2.75, 3.05) is 20.5 Å². The summed E-state index contributed by atoms with van der Waals surface area (Å²) in [5, 5.41) is 11.6. The van der Waals surface area contributed by atoms with Gasteiger partial charge in [0.1, 0.15) is 30.7 Å². The fourth-order valence-electron chi connectivity index (χ4n) is 9.42. The standard InChI is InChI=1S/C38H41F3O9S/c1-24-36(30-16-27(30)21-46-19-25-10-6-4-7-11-25)18-32(49-23-47-20-26-12-8-5-9-13-26)37(24)34(50-51(43,44)38(39,40)41)29(14-15-35(36,37)2)33(42)31-17-28(45-3)22-48-31/h4-13,17,22,27,30,32-33,42H,1,14-16,18-21,23H2,2-3H3/t27-,30+,32-,33+,35-,36+,37+/m0/s1. The summed E-state index contributed by atoms with van der Waals surface area (Å²) in [4.78, 5) is 0. The third kappa shape index (κ3) is 5.63. The van der Waals surface area contributed by atoms with Gasteiger partial charge in [-0.1, -0.05) is 79.7 Å². The second-order valence-electron chi connectivity index (χ2n) is 14.1. The van der Waals surface area contributed by atoms with E-state index in [1.165, 1.54) is 19.4 Å². The Morgan fingerprint density at radius 1 is 1.04 bits per heavy atom. The van der Waals surface area contributed by atoms with Crippen LogP contribution in [-0.2, 0) is 41.7 Å². The first-order valence-corrected chi connectivity index (χ1v) is 18.3. The van der Waals surface area contributed by atoms with Crippen molar-refractivity contribution in [3.8, 4) is 5.75 Å². The van der Waals surface area contributed by atoms with Crippen molar-refractivity contribution >= 4 is 10.1 Å². The van der Waals surface area contributed by atoms with Crippen LogP contribution in [-0.4, -0.2) is 45.6 Å². The van der Waals surface area contributed by atoms with Gasteiger partial charge in [-0.05, 0) is 54.1 Å². The van der Waals surface area contributed by atoms with Gasteiger partial charge < -0.3 is 32.7 Å². The maximum Gasteiger partial charge on any atom is 0.534 e. The van der Waals surface area contributed by atoms with Crippen molar-refractivity contribution in [3.63, 3.8) is 0 Å². The Morgan fingerprint density at radius 3 is 2.29 bits per heavy atom. The van der Waals surface area contributed by atoms with Gasteiger partial charge in [-0.3, -0.25) is 0 Å². The predicted octanol–water partition coefficient (Wildman–Crippen LogP) is 7.60. The highest BCUT2D eigenvalue weighted by molar-refractivity contribution is 7.87. The van der Waals surface area contributed by atoms with E-state index < -0.39 is 49.8 Å². The second-order valence-corrected chi connectivity index (χ2v) is 15.7. The number of hydrogen-bond acceptors (Lipinski definition) is 9. The smallest absolute Gasteiger partial charge is 0.493 e. The lowest BCUT2D eigenvalue weighted by molar-refractivity contribution is -0.160. The van der Waals surface area contributed by atoms with E-state index in [-0.39, 0.29) is 48.7 Å². The quantitative estimate of drug-likeness (QED) is 0.0555. The number of fused-ring (bicyclic) bond motifs is 1. The van der Waals surface area contributed by atoms with Gasteiger partial charge in [0.15, 0.2) is 5.75 Å². The third-order valence-corrected chi connectivity index (χ3v) is 12.7. The molecule has 13 heteroatoms. The van der Waals surface area contributed by atoms with Gasteiger partial charge in [0.25, 0.3) is 0 Å². The number of aliphatic hydroxyl groups excluding tert-OH is 1. The number of rotatable bonds is 15. The van der Waals surface area contributed by atoms with Crippen LogP contribution in [0.1, 0.15) is 55.6 Å². The molecule has 0 amide bonds. The molecule has 4 saturated carbocycles. The minimum absolute atomic E-state index is 0.0389. The molecule has 0 aliphatic heterocycles. The zero-order valence-corrected chi connectivity index (χ0v) is 29.2. The van der Waals surface area contributed by atoms with Crippen LogP contribution in [0.5, 0.6) is 5.75 Å². The number of alkyl halides is 3. The molecule has 8 rings (SSSR count). The molecule has 7 atom stereocenters. The average Bonchev–Trinajstić information content (AvgIpc) is 3.49. The minimum Gasteiger partial charge on any atom is -0.493 e. The first kappa shape index (κ1) is 35.8. The van der Waals surface area contributed by atoms with E-state index in [1.54, 1.807) is 0 Å². The van der Waals surface area contributed by atoms with E-state index in [4.69, 9.17) is 27.5 Å². The van der Waals surface area contributed by atoms with E-state index in [0.717, 1.165) is 17.5 Å². The summed E-state index contributed by atoms with van der Waals surface area (Å²) in [6, 6.07) is 20.6. The fraction of sp³-hybridized carbons (Fsp3) is 0.474. The summed E-state index contributed by atoms with van der Waals surface area (Å²) in [6.45, 7) is 7.36. The molecular formula is C38H41F3O9S. The molecule has 274 valence electrons. The molecule has 0 unspecified atom stereocenters. The van der Waals surface area contributed by atoms with Gasteiger partial charge in [-0.2, -0.15) is 21.6 Å². The third-order valence-electron chi connectivity index (χ3n) is 11.8. The second kappa shape index (κ2) is 13.1. The highest BCUT2D eigenvalue weighted by Crippen LogP contribution is 2.90. The number of benzene rings is 2. The number of furan rings is 1. The highest BCUT2D eigenvalue weighted by Gasteiger charge is 2.88. The summed E-state index contributed by atoms with van der Waals surface area (Å²) < 4.78 is 102. The van der Waals surface area contributed by atoms with Gasteiger partial charge in [0.2, 0.25) is 0 Å². The SMILES string of the molecule is C=C1[C@@]23C(OS(=O)(=O)C(F)(F)F)=C([C@@H](O)c4cc(OC)co4)CC[C@@]2(C)[C@]1([C@@H]1C[C@H]1COCc1ccccc1)C[C@@H]3OCOCc1ccccc1. The molecule has 2 bridgehead atoms.